The largest absolute Gasteiger partial charge is 0.481 e. The van der Waals surface area contributed by atoms with Crippen LogP contribution >= 0.6 is 27.3 Å². The minimum absolute atomic E-state index is 0.413. The maximum absolute atomic E-state index is 11.9. The van der Waals surface area contributed by atoms with Crippen molar-refractivity contribution in [2.75, 3.05) is 0 Å². The lowest BCUT2D eigenvalue weighted by molar-refractivity contribution is -0.131. The number of thiophene rings is 1. The Bertz CT molecular complexity index is 758. The van der Waals surface area contributed by atoms with Gasteiger partial charge in [-0.15, -0.1) is 11.3 Å². The number of hydrogen-bond donors (Lipinski definition) is 2. The number of carbonyl (C=O) groups is 2. The number of carbonyl (C=O) groups excluding carboxylic acids is 2. The molecule has 1 heterocycles. The summed E-state index contributed by atoms with van der Waals surface area (Å²) in [7, 11) is 0. The topological polar surface area (TPSA) is 67.4 Å². The van der Waals surface area contributed by atoms with Crippen molar-refractivity contribution >= 4 is 45.2 Å². The second-order valence-electron chi connectivity index (χ2n) is 4.98. The summed E-state index contributed by atoms with van der Waals surface area (Å²) in [5.41, 5.74) is 4.66. The molecule has 2 N–H and O–H groups in total. The van der Waals surface area contributed by atoms with Crippen LogP contribution < -0.4 is 15.6 Å². The standard InChI is InChI=1S/C17H17BrN2O3S/c1-11-6-7-15(24-11)8-9-16(21)19-20-17(22)12(2)23-14-5-3-4-13(18)10-14/h3-10,12H,1-2H3,(H,19,21)(H,20,22)/b9-8+/t12-/m1/s1. The number of ether oxygens (including phenoxy) is 1. The van der Waals surface area contributed by atoms with E-state index < -0.39 is 17.9 Å². The molecule has 126 valence electrons. The van der Waals surface area contributed by atoms with E-state index in [0.717, 1.165) is 9.35 Å². The van der Waals surface area contributed by atoms with Crippen molar-refractivity contribution in [1.29, 1.82) is 0 Å². The van der Waals surface area contributed by atoms with Gasteiger partial charge in [-0.1, -0.05) is 22.0 Å². The maximum Gasteiger partial charge on any atom is 0.279 e. The van der Waals surface area contributed by atoms with Crippen molar-refractivity contribution < 1.29 is 14.3 Å². The monoisotopic (exact) mass is 408 g/mol. The van der Waals surface area contributed by atoms with E-state index in [0.29, 0.717) is 5.75 Å². The summed E-state index contributed by atoms with van der Waals surface area (Å²) in [6, 6.07) is 11.1. The lowest BCUT2D eigenvalue weighted by Gasteiger charge is -2.14. The predicted molar refractivity (Wildman–Crippen MR) is 98.6 cm³/mol. The first-order valence-corrected chi connectivity index (χ1v) is 8.81. The number of hydrogen-bond acceptors (Lipinski definition) is 4. The Balaban J connectivity index is 1.79. The lowest BCUT2D eigenvalue weighted by Crippen LogP contribution is -2.46. The van der Waals surface area contributed by atoms with E-state index in [4.69, 9.17) is 4.74 Å². The second-order valence-corrected chi connectivity index (χ2v) is 7.21. The van der Waals surface area contributed by atoms with E-state index >= 15 is 0 Å². The smallest absolute Gasteiger partial charge is 0.279 e. The van der Waals surface area contributed by atoms with E-state index in [1.54, 1.807) is 36.5 Å². The molecule has 0 radical (unpaired) electrons. The second kappa shape index (κ2) is 8.65. The molecule has 5 nitrogen and oxygen atoms in total. The average Bonchev–Trinajstić information content (AvgIpc) is 2.96. The van der Waals surface area contributed by atoms with Crippen molar-refractivity contribution in [3.63, 3.8) is 0 Å². The fourth-order valence-electron chi connectivity index (χ4n) is 1.77. The normalized spacial score (nSPS) is 12.0. The van der Waals surface area contributed by atoms with E-state index in [9.17, 15) is 9.59 Å². The fourth-order valence-corrected chi connectivity index (χ4v) is 2.92. The van der Waals surface area contributed by atoms with Crippen LogP contribution in [0.4, 0.5) is 0 Å². The molecule has 0 saturated carbocycles. The third-order valence-electron chi connectivity index (χ3n) is 2.95. The van der Waals surface area contributed by atoms with Crippen molar-refractivity contribution in [3.05, 3.63) is 56.7 Å². The number of halogens is 1. The summed E-state index contributed by atoms with van der Waals surface area (Å²) in [6.45, 7) is 3.60. The third-order valence-corrected chi connectivity index (χ3v) is 4.41. The van der Waals surface area contributed by atoms with Crippen LogP contribution in [0.5, 0.6) is 5.75 Å². The van der Waals surface area contributed by atoms with Crippen LogP contribution in [0.1, 0.15) is 16.7 Å². The first-order chi connectivity index (χ1) is 11.4. The zero-order valence-electron chi connectivity index (χ0n) is 13.2. The zero-order chi connectivity index (χ0) is 17.5. The van der Waals surface area contributed by atoms with E-state index in [-0.39, 0.29) is 0 Å². The van der Waals surface area contributed by atoms with Gasteiger partial charge in [-0.2, -0.15) is 0 Å². The number of aryl methyl sites for hydroxylation is 1. The van der Waals surface area contributed by atoms with Gasteiger partial charge in [0.05, 0.1) is 0 Å². The highest BCUT2D eigenvalue weighted by atomic mass is 79.9. The minimum Gasteiger partial charge on any atom is -0.481 e. The number of nitrogens with one attached hydrogen (secondary N) is 2. The molecule has 0 aliphatic heterocycles. The van der Waals surface area contributed by atoms with Crippen molar-refractivity contribution in [2.45, 2.75) is 20.0 Å². The molecule has 1 aromatic heterocycles. The molecule has 2 amide bonds. The number of benzene rings is 1. The molecule has 0 spiro atoms. The molecule has 0 saturated heterocycles. The van der Waals surface area contributed by atoms with Gasteiger partial charge < -0.3 is 4.74 Å². The van der Waals surface area contributed by atoms with Crippen molar-refractivity contribution in [1.82, 2.24) is 10.9 Å². The Morgan fingerprint density at radius 3 is 2.71 bits per heavy atom. The molecule has 0 aliphatic carbocycles. The Labute approximate surface area is 152 Å². The summed E-state index contributed by atoms with van der Waals surface area (Å²) in [5, 5.41) is 0. The molecule has 0 unspecified atom stereocenters. The maximum atomic E-state index is 11.9. The van der Waals surface area contributed by atoms with Gasteiger partial charge >= 0.3 is 0 Å². The van der Waals surface area contributed by atoms with Crippen LogP contribution in [0.25, 0.3) is 6.08 Å². The molecular weight excluding hydrogens is 392 g/mol. The molecule has 2 rings (SSSR count). The highest BCUT2D eigenvalue weighted by Gasteiger charge is 2.15. The first-order valence-electron chi connectivity index (χ1n) is 7.20. The first kappa shape index (κ1) is 18.2. The van der Waals surface area contributed by atoms with Crippen LogP contribution in [0.3, 0.4) is 0 Å². The lowest BCUT2D eigenvalue weighted by atomic mass is 10.3. The van der Waals surface area contributed by atoms with Gasteiger partial charge in [0.15, 0.2) is 6.10 Å². The van der Waals surface area contributed by atoms with Gasteiger partial charge in [0.2, 0.25) is 0 Å². The van der Waals surface area contributed by atoms with Gasteiger partial charge in [0, 0.05) is 20.3 Å². The molecule has 1 atom stereocenters. The fraction of sp³-hybridized carbons (Fsp3) is 0.176. The molecule has 0 bridgehead atoms. The summed E-state index contributed by atoms with van der Waals surface area (Å²) in [6.07, 6.45) is 2.31. The number of amides is 2. The van der Waals surface area contributed by atoms with Gasteiger partial charge in [-0.3, -0.25) is 20.4 Å². The highest BCUT2D eigenvalue weighted by molar-refractivity contribution is 9.10. The third kappa shape index (κ3) is 5.82. The minimum atomic E-state index is -0.747. The van der Waals surface area contributed by atoms with Crippen molar-refractivity contribution in [3.8, 4) is 5.75 Å². The van der Waals surface area contributed by atoms with Gasteiger partial charge in [-0.05, 0) is 50.3 Å². The van der Waals surface area contributed by atoms with Gasteiger partial charge in [0.1, 0.15) is 5.75 Å². The summed E-state index contributed by atoms with van der Waals surface area (Å²) in [5.74, 6) is -0.293. The molecule has 0 fully saturated rings. The van der Waals surface area contributed by atoms with Gasteiger partial charge in [0.25, 0.3) is 11.8 Å². The molecule has 1 aromatic carbocycles. The Hall–Kier alpha value is -2.12. The van der Waals surface area contributed by atoms with Crippen LogP contribution in [0.15, 0.2) is 46.9 Å². The van der Waals surface area contributed by atoms with E-state index in [2.05, 4.69) is 26.8 Å². The Morgan fingerprint density at radius 1 is 1.25 bits per heavy atom. The zero-order valence-corrected chi connectivity index (χ0v) is 15.6. The summed E-state index contributed by atoms with van der Waals surface area (Å²) in [4.78, 5) is 25.8. The quantitative estimate of drug-likeness (QED) is 0.587. The molecule has 7 heteroatoms. The molecule has 0 aliphatic rings. The molecule has 2 aromatic rings. The summed E-state index contributed by atoms with van der Waals surface area (Å²) >= 11 is 4.92. The van der Waals surface area contributed by atoms with E-state index in [1.807, 2.05) is 31.2 Å². The van der Waals surface area contributed by atoms with Gasteiger partial charge in [-0.25, -0.2) is 0 Å². The average molecular weight is 409 g/mol. The Morgan fingerprint density at radius 2 is 2.04 bits per heavy atom. The molecular formula is C17H17BrN2O3S. The van der Waals surface area contributed by atoms with Crippen LogP contribution in [-0.2, 0) is 9.59 Å². The van der Waals surface area contributed by atoms with Crippen LogP contribution in [0.2, 0.25) is 0 Å². The summed E-state index contributed by atoms with van der Waals surface area (Å²) < 4.78 is 6.37. The number of hydrazine groups is 1. The molecule has 24 heavy (non-hydrogen) atoms. The predicted octanol–water partition coefficient (Wildman–Crippen LogP) is 3.45. The highest BCUT2D eigenvalue weighted by Crippen LogP contribution is 2.19. The SMILES string of the molecule is Cc1ccc(/C=C/C(=O)NNC(=O)[C@@H](C)Oc2cccc(Br)c2)s1. The van der Waals surface area contributed by atoms with E-state index in [1.165, 1.54) is 11.0 Å². The Kier molecular flexibility index (Phi) is 6.57. The van der Waals surface area contributed by atoms with Crippen LogP contribution in [-0.4, -0.2) is 17.9 Å². The van der Waals surface area contributed by atoms with Crippen LogP contribution in [0, 0.1) is 6.92 Å². The van der Waals surface area contributed by atoms with Crippen molar-refractivity contribution in [2.24, 2.45) is 0 Å². The number of rotatable bonds is 5.